The van der Waals surface area contributed by atoms with Crippen LogP contribution in [0.3, 0.4) is 0 Å². The Bertz CT molecular complexity index is 614. The molecule has 0 radical (unpaired) electrons. The summed E-state index contributed by atoms with van der Waals surface area (Å²) in [5, 5.41) is 13.1. The minimum absolute atomic E-state index is 0.104. The van der Waals surface area contributed by atoms with Crippen molar-refractivity contribution in [3.05, 3.63) is 49.7 Å². The van der Waals surface area contributed by atoms with Crippen LogP contribution >= 0.6 is 33.9 Å². The first-order valence-corrected chi connectivity index (χ1v) is 6.63. The predicted molar refractivity (Wildman–Crippen MR) is 75.9 cm³/mol. The number of halogens is 1. The summed E-state index contributed by atoms with van der Waals surface area (Å²) in [6.45, 7) is 0. The molecule has 0 unspecified atom stereocenters. The first-order chi connectivity index (χ1) is 8.56. The largest absolute Gasteiger partial charge is 0.345 e. The Kier molecular flexibility index (Phi) is 3.87. The van der Waals surface area contributed by atoms with Crippen LogP contribution in [0.25, 0.3) is 0 Å². The predicted octanol–water partition coefficient (Wildman–Crippen LogP) is 2.91. The maximum atomic E-state index is 11.8. The summed E-state index contributed by atoms with van der Waals surface area (Å²) in [7, 11) is 0. The third kappa shape index (κ3) is 3.01. The highest BCUT2D eigenvalue weighted by atomic mass is 127. The van der Waals surface area contributed by atoms with Gasteiger partial charge in [0.2, 0.25) is 0 Å². The fourth-order valence-electron chi connectivity index (χ4n) is 1.21. The van der Waals surface area contributed by atoms with Crippen LogP contribution < -0.4 is 5.32 Å². The van der Waals surface area contributed by atoms with Gasteiger partial charge in [0, 0.05) is 9.13 Å². The van der Waals surface area contributed by atoms with E-state index in [0.717, 1.165) is 21.1 Å². The lowest BCUT2D eigenvalue weighted by Crippen LogP contribution is -2.11. The lowest BCUT2D eigenvalue weighted by molar-refractivity contribution is -0.380. The third-order valence-electron chi connectivity index (χ3n) is 1.98. The molecule has 2 aromatic rings. The number of nitrogens with zero attached hydrogens (tertiary/aromatic N) is 2. The van der Waals surface area contributed by atoms with Crippen molar-refractivity contribution in [1.29, 1.82) is 0 Å². The minimum atomic E-state index is -0.543. The van der Waals surface area contributed by atoms with E-state index in [1.54, 1.807) is 18.2 Å². The number of amides is 1. The number of hydrogen-bond donors (Lipinski definition) is 1. The van der Waals surface area contributed by atoms with Crippen LogP contribution in [0, 0.1) is 13.7 Å². The van der Waals surface area contributed by atoms with E-state index in [-0.39, 0.29) is 16.0 Å². The fraction of sp³-hybridized carbons (Fsp3) is 0. The van der Waals surface area contributed by atoms with Crippen LogP contribution in [0.4, 0.5) is 10.1 Å². The van der Waals surface area contributed by atoms with E-state index in [9.17, 15) is 14.9 Å². The zero-order chi connectivity index (χ0) is 13.1. The molecule has 1 heterocycles. The second kappa shape index (κ2) is 5.40. The molecule has 1 amide bonds. The molecule has 0 saturated heterocycles. The van der Waals surface area contributed by atoms with E-state index in [1.807, 2.05) is 6.07 Å². The number of nitro groups is 1. The first-order valence-electron chi connectivity index (χ1n) is 4.73. The van der Waals surface area contributed by atoms with E-state index in [0.29, 0.717) is 5.56 Å². The number of hydrogen-bond acceptors (Lipinski definition) is 5. The zero-order valence-electron chi connectivity index (χ0n) is 8.79. The van der Waals surface area contributed by atoms with Crippen molar-refractivity contribution < 1.29 is 9.72 Å². The molecule has 6 nitrogen and oxygen atoms in total. The van der Waals surface area contributed by atoms with Gasteiger partial charge >= 0.3 is 5.00 Å². The van der Waals surface area contributed by atoms with Gasteiger partial charge in [-0.15, -0.1) is 0 Å². The number of carbonyl (C=O) groups is 1. The smallest absolute Gasteiger partial charge is 0.298 e. The second-order valence-electron chi connectivity index (χ2n) is 3.23. The van der Waals surface area contributed by atoms with Crippen LogP contribution in [0.15, 0.2) is 30.5 Å². The molecule has 0 atom stereocenters. The molecule has 0 saturated carbocycles. The average Bonchev–Trinajstić information content (AvgIpc) is 2.77. The molecule has 0 fully saturated rings. The van der Waals surface area contributed by atoms with Crippen molar-refractivity contribution in [2.75, 3.05) is 5.32 Å². The molecular formula is C10H6IN3O3S. The summed E-state index contributed by atoms with van der Waals surface area (Å²) in [6, 6.07) is 7.02. The maximum Gasteiger partial charge on any atom is 0.345 e. The Morgan fingerprint density at radius 3 is 2.89 bits per heavy atom. The molecule has 0 aliphatic heterocycles. The van der Waals surface area contributed by atoms with Gasteiger partial charge in [0.15, 0.2) is 5.13 Å². The van der Waals surface area contributed by atoms with Crippen molar-refractivity contribution in [1.82, 2.24) is 4.98 Å². The normalized spacial score (nSPS) is 10.1. The van der Waals surface area contributed by atoms with Crippen LogP contribution in [-0.2, 0) is 0 Å². The SMILES string of the molecule is O=C(Nc1ncc([N+](=O)[O-])s1)c1cccc(I)c1. The molecule has 2 rings (SSSR count). The van der Waals surface area contributed by atoms with Crippen LogP contribution in [0.1, 0.15) is 10.4 Å². The van der Waals surface area contributed by atoms with Gasteiger partial charge in [0.05, 0.1) is 4.92 Å². The van der Waals surface area contributed by atoms with E-state index in [4.69, 9.17) is 0 Å². The molecule has 0 aliphatic rings. The zero-order valence-corrected chi connectivity index (χ0v) is 11.8. The van der Waals surface area contributed by atoms with E-state index in [2.05, 4.69) is 32.9 Å². The van der Waals surface area contributed by atoms with E-state index in [1.165, 1.54) is 0 Å². The van der Waals surface area contributed by atoms with Gasteiger partial charge in [-0.05, 0) is 52.1 Å². The number of nitrogens with one attached hydrogen (secondary N) is 1. The number of thiazole rings is 1. The maximum absolute atomic E-state index is 11.8. The molecule has 0 aliphatic carbocycles. The Morgan fingerprint density at radius 2 is 2.28 bits per heavy atom. The Morgan fingerprint density at radius 1 is 1.50 bits per heavy atom. The van der Waals surface area contributed by atoms with Gasteiger partial charge in [0.25, 0.3) is 5.91 Å². The van der Waals surface area contributed by atoms with Crippen LogP contribution in [0.2, 0.25) is 0 Å². The van der Waals surface area contributed by atoms with Gasteiger partial charge in [-0.1, -0.05) is 6.07 Å². The standard InChI is InChI=1S/C10H6IN3O3S/c11-7-3-1-2-6(4-7)9(15)13-10-12-5-8(18-10)14(16)17/h1-5H,(H,12,13,15). The third-order valence-corrected chi connectivity index (χ3v) is 3.52. The molecule has 92 valence electrons. The fourth-order valence-corrected chi connectivity index (χ4v) is 2.38. The summed E-state index contributed by atoms with van der Waals surface area (Å²) in [4.78, 5) is 25.5. The number of carbonyl (C=O) groups excluding carboxylic acids is 1. The summed E-state index contributed by atoms with van der Waals surface area (Å²) in [5.74, 6) is -0.335. The number of rotatable bonds is 3. The van der Waals surface area contributed by atoms with Gasteiger partial charge in [-0.2, -0.15) is 0 Å². The van der Waals surface area contributed by atoms with Crippen molar-refractivity contribution >= 4 is 50.0 Å². The van der Waals surface area contributed by atoms with Crippen molar-refractivity contribution in [3.63, 3.8) is 0 Å². The van der Waals surface area contributed by atoms with Crippen molar-refractivity contribution in [2.24, 2.45) is 0 Å². The Balaban J connectivity index is 2.13. The quantitative estimate of drug-likeness (QED) is 0.508. The minimum Gasteiger partial charge on any atom is -0.298 e. The second-order valence-corrected chi connectivity index (χ2v) is 5.48. The molecular weight excluding hydrogens is 369 g/mol. The van der Waals surface area contributed by atoms with Crippen LogP contribution in [0.5, 0.6) is 0 Å². The molecule has 0 bridgehead atoms. The summed E-state index contributed by atoms with van der Waals surface area (Å²) in [5.41, 5.74) is 0.486. The summed E-state index contributed by atoms with van der Waals surface area (Å²) < 4.78 is 0.936. The van der Waals surface area contributed by atoms with Crippen LogP contribution in [-0.4, -0.2) is 15.8 Å². The lowest BCUT2D eigenvalue weighted by Gasteiger charge is -2.01. The van der Waals surface area contributed by atoms with Crippen molar-refractivity contribution in [2.45, 2.75) is 0 Å². The van der Waals surface area contributed by atoms with E-state index >= 15 is 0 Å². The Labute approximate surface area is 119 Å². The number of anilines is 1. The molecule has 0 spiro atoms. The van der Waals surface area contributed by atoms with Gasteiger partial charge in [-0.25, -0.2) is 4.98 Å². The lowest BCUT2D eigenvalue weighted by atomic mass is 10.2. The molecule has 1 aromatic carbocycles. The van der Waals surface area contributed by atoms with Crippen molar-refractivity contribution in [3.8, 4) is 0 Å². The van der Waals surface area contributed by atoms with Gasteiger partial charge in [0.1, 0.15) is 6.20 Å². The first kappa shape index (κ1) is 12.9. The topological polar surface area (TPSA) is 85.1 Å². The average molecular weight is 375 g/mol. The van der Waals surface area contributed by atoms with E-state index < -0.39 is 4.92 Å². The Hall–Kier alpha value is -1.55. The number of benzene rings is 1. The summed E-state index contributed by atoms with van der Waals surface area (Å²) >= 11 is 2.92. The summed E-state index contributed by atoms with van der Waals surface area (Å²) in [6.07, 6.45) is 1.12. The molecule has 1 N–H and O–H groups in total. The molecule has 1 aromatic heterocycles. The highest BCUT2D eigenvalue weighted by molar-refractivity contribution is 14.1. The van der Waals surface area contributed by atoms with Gasteiger partial charge in [-0.3, -0.25) is 20.2 Å². The molecule has 8 heteroatoms. The monoisotopic (exact) mass is 375 g/mol. The molecule has 18 heavy (non-hydrogen) atoms. The number of aromatic nitrogens is 1. The van der Waals surface area contributed by atoms with Gasteiger partial charge < -0.3 is 0 Å². The highest BCUT2D eigenvalue weighted by Gasteiger charge is 2.14. The highest BCUT2D eigenvalue weighted by Crippen LogP contribution is 2.25.